The molecule has 1 aliphatic carbocycles. The van der Waals surface area contributed by atoms with E-state index in [4.69, 9.17) is 4.74 Å². The maximum Gasteiger partial charge on any atom is 0.101 e. The summed E-state index contributed by atoms with van der Waals surface area (Å²) in [7, 11) is 0. The Labute approximate surface area is 122 Å². The molecule has 1 unspecified atom stereocenters. The molecule has 1 saturated heterocycles. The van der Waals surface area contributed by atoms with E-state index in [1.165, 1.54) is 19.3 Å². The van der Waals surface area contributed by atoms with Crippen LogP contribution in [0.5, 0.6) is 0 Å². The molecule has 0 radical (unpaired) electrons. The monoisotopic (exact) mass is 320 g/mol. The highest BCUT2D eigenvalue weighted by Gasteiger charge is 2.42. The molecule has 3 nitrogen and oxygen atoms in total. The van der Waals surface area contributed by atoms with Gasteiger partial charge in [-0.2, -0.15) is 5.26 Å². The van der Waals surface area contributed by atoms with E-state index in [2.05, 4.69) is 27.3 Å². The third kappa shape index (κ3) is 2.63. The van der Waals surface area contributed by atoms with Crippen LogP contribution < -0.4 is 5.32 Å². The van der Waals surface area contributed by atoms with Crippen molar-refractivity contribution < 1.29 is 4.74 Å². The number of ether oxygens (including phenoxy) is 1. The molecule has 2 aliphatic rings. The summed E-state index contributed by atoms with van der Waals surface area (Å²) in [6, 6.07) is 8.48. The summed E-state index contributed by atoms with van der Waals surface area (Å²) in [6.45, 7) is 0.829. The first-order valence-electron chi connectivity index (χ1n) is 6.81. The number of benzene rings is 1. The van der Waals surface area contributed by atoms with Crippen LogP contribution >= 0.6 is 15.9 Å². The molecule has 1 N–H and O–H groups in total. The molecule has 1 aliphatic heterocycles. The average Bonchev–Trinajstić information content (AvgIpc) is 2.39. The average molecular weight is 321 g/mol. The molecule has 1 aromatic rings. The maximum atomic E-state index is 9.20. The Kier molecular flexibility index (Phi) is 3.51. The second-order valence-corrected chi connectivity index (χ2v) is 6.44. The molecule has 2 fully saturated rings. The minimum atomic E-state index is 0.137. The van der Waals surface area contributed by atoms with Gasteiger partial charge in [0.05, 0.1) is 16.9 Å². The predicted molar refractivity (Wildman–Crippen MR) is 78.0 cm³/mol. The zero-order valence-electron chi connectivity index (χ0n) is 10.8. The van der Waals surface area contributed by atoms with E-state index in [-0.39, 0.29) is 5.60 Å². The molecule has 0 aromatic heterocycles. The number of anilines is 1. The van der Waals surface area contributed by atoms with E-state index in [9.17, 15) is 5.26 Å². The first kappa shape index (κ1) is 13.0. The van der Waals surface area contributed by atoms with Gasteiger partial charge in [-0.3, -0.25) is 0 Å². The Balaban J connectivity index is 1.73. The number of halogens is 1. The second-order valence-electron chi connectivity index (χ2n) is 5.52. The van der Waals surface area contributed by atoms with E-state index < -0.39 is 0 Å². The SMILES string of the molecule is N#Cc1cc(Br)ccc1NC1CCOC2(CCC2)C1. The first-order valence-corrected chi connectivity index (χ1v) is 7.60. The van der Waals surface area contributed by atoms with Crippen LogP contribution in [0.15, 0.2) is 22.7 Å². The van der Waals surface area contributed by atoms with E-state index >= 15 is 0 Å². The van der Waals surface area contributed by atoms with Crippen molar-refractivity contribution >= 4 is 21.6 Å². The normalized spacial score (nSPS) is 24.5. The summed E-state index contributed by atoms with van der Waals surface area (Å²) in [5.41, 5.74) is 1.77. The third-order valence-electron chi connectivity index (χ3n) is 4.22. The van der Waals surface area contributed by atoms with Crippen LogP contribution in [0.1, 0.15) is 37.7 Å². The van der Waals surface area contributed by atoms with Crippen LogP contribution in [0.4, 0.5) is 5.69 Å². The molecule has 1 aromatic carbocycles. The summed E-state index contributed by atoms with van der Waals surface area (Å²) < 4.78 is 6.87. The Morgan fingerprint density at radius 3 is 2.95 bits per heavy atom. The van der Waals surface area contributed by atoms with Crippen LogP contribution in [0, 0.1) is 11.3 Å². The van der Waals surface area contributed by atoms with Crippen LogP contribution in [0.3, 0.4) is 0 Å². The lowest BCUT2D eigenvalue weighted by Crippen LogP contribution is -2.49. The Hall–Kier alpha value is -1.05. The zero-order valence-corrected chi connectivity index (χ0v) is 12.4. The molecular formula is C15H17BrN2O. The summed E-state index contributed by atoms with van der Waals surface area (Å²) in [5, 5.41) is 12.7. The Morgan fingerprint density at radius 2 is 2.26 bits per heavy atom. The van der Waals surface area contributed by atoms with Crippen molar-refractivity contribution in [1.29, 1.82) is 5.26 Å². The van der Waals surface area contributed by atoms with Gasteiger partial charge in [-0.25, -0.2) is 0 Å². The Bertz CT molecular complexity index is 519. The standard InChI is InChI=1S/C15H17BrN2O/c16-12-2-3-14(11(8-12)10-17)18-13-4-7-19-15(9-13)5-1-6-15/h2-3,8,13,18H,1,4-7,9H2. The van der Waals surface area contributed by atoms with Gasteiger partial charge in [0, 0.05) is 17.1 Å². The summed E-state index contributed by atoms with van der Waals surface area (Å²) in [6.07, 6.45) is 5.75. The molecule has 1 atom stereocenters. The van der Waals surface area contributed by atoms with Crippen molar-refractivity contribution in [1.82, 2.24) is 0 Å². The van der Waals surface area contributed by atoms with Crippen molar-refractivity contribution in [3.05, 3.63) is 28.2 Å². The number of nitriles is 1. The van der Waals surface area contributed by atoms with Gasteiger partial charge in [-0.05, 0) is 50.3 Å². The minimum Gasteiger partial charge on any atom is -0.381 e. The Morgan fingerprint density at radius 1 is 1.42 bits per heavy atom. The topological polar surface area (TPSA) is 45.0 Å². The number of hydrogen-bond donors (Lipinski definition) is 1. The lowest BCUT2D eigenvalue weighted by Gasteiger charge is -2.47. The van der Waals surface area contributed by atoms with Crippen molar-refractivity contribution in [2.24, 2.45) is 0 Å². The molecule has 0 amide bonds. The van der Waals surface area contributed by atoms with Crippen molar-refractivity contribution in [3.8, 4) is 6.07 Å². The smallest absolute Gasteiger partial charge is 0.101 e. The lowest BCUT2D eigenvalue weighted by atomic mass is 9.74. The number of hydrogen-bond acceptors (Lipinski definition) is 3. The molecule has 4 heteroatoms. The molecular weight excluding hydrogens is 304 g/mol. The molecule has 0 bridgehead atoms. The first-order chi connectivity index (χ1) is 9.21. The predicted octanol–water partition coefficient (Wildman–Crippen LogP) is 3.83. The molecule has 1 saturated carbocycles. The maximum absolute atomic E-state index is 9.20. The van der Waals surface area contributed by atoms with Crippen LogP contribution in [0.2, 0.25) is 0 Å². The van der Waals surface area contributed by atoms with Crippen molar-refractivity contribution in [2.75, 3.05) is 11.9 Å². The highest BCUT2D eigenvalue weighted by atomic mass is 79.9. The molecule has 100 valence electrons. The molecule has 19 heavy (non-hydrogen) atoms. The van der Waals surface area contributed by atoms with Gasteiger partial charge in [0.15, 0.2) is 0 Å². The van der Waals surface area contributed by atoms with Gasteiger partial charge in [0.1, 0.15) is 6.07 Å². The highest BCUT2D eigenvalue weighted by molar-refractivity contribution is 9.10. The van der Waals surface area contributed by atoms with Gasteiger partial charge in [-0.1, -0.05) is 15.9 Å². The van der Waals surface area contributed by atoms with Crippen LogP contribution in [-0.2, 0) is 4.74 Å². The van der Waals surface area contributed by atoms with Crippen molar-refractivity contribution in [3.63, 3.8) is 0 Å². The summed E-state index contributed by atoms with van der Waals surface area (Å²) in [4.78, 5) is 0. The highest BCUT2D eigenvalue weighted by Crippen LogP contribution is 2.43. The lowest BCUT2D eigenvalue weighted by molar-refractivity contribution is -0.130. The molecule has 3 rings (SSSR count). The fraction of sp³-hybridized carbons (Fsp3) is 0.533. The zero-order chi connectivity index (χ0) is 13.3. The second kappa shape index (κ2) is 5.15. The van der Waals surface area contributed by atoms with Crippen LogP contribution in [0.25, 0.3) is 0 Å². The minimum absolute atomic E-state index is 0.137. The van der Waals surface area contributed by atoms with E-state index in [1.54, 1.807) is 0 Å². The van der Waals surface area contributed by atoms with Gasteiger partial charge >= 0.3 is 0 Å². The number of nitrogens with one attached hydrogen (secondary N) is 1. The van der Waals surface area contributed by atoms with Gasteiger partial charge in [-0.15, -0.1) is 0 Å². The van der Waals surface area contributed by atoms with E-state index in [1.807, 2.05) is 18.2 Å². The van der Waals surface area contributed by atoms with E-state index in [0.717, 1.165) is 29.6 Å². The van der Waals surface area contributed by atoms with Crippen LogP contribution in [-0.4, -0.2) is 18.2 Å². The summed E-state index contributed by atoms with van der Waals surface area (Å²) >= 11 is 3.40. The third-order valence-corrected chi connectivity index (χ3v) is 4.71. The van der Waals surface area contributed by atoms with Gasteiger partial charge in [0.2, 0.25) is 0 Å². The number of nitrogens with zero attached hydrogens (tertiary/aromatic N) is 1. The largest absolute Gasteiger partial charge is 0.381 e. The fourth-order valence-electron chi connectivity index (χ4n) is 3.03. The van der Waals surface area contributed by atoms with Gasteiger partial charge < -0.3 is 10.1 Å². The molecule has 1 heterocycles. The molecule has 1 spiro atoms. The quantitative estimate of drug-likeness (QED) is 0.900. The fourth-order valence-corrected chi connectivity index (χ4v) is 3.39. The summed E-state index contributed by atoms with van der Waals surface area (Å²) in [5.74, 6) is 0. The van der Waals surface area contributed by atoms with Gasteiger partial charge in [0.25, 0.3) is 0 Å². The number of rotatable bonds is 2. The van der Waals surface area contributed by atoms with Crippen molar-refractivity contribution in [2.45, 2.75) is 43.7 Å². The van der Waals surface area contributed by atoms with E-state index in [0.29, 0.717) is 11.6 Å².